The molecule has 0 rings (SSSR count). The molecule has 0 amide bonds. The van der Waals surface area contributed by atoms with E-state index in [1.807, 2.05) is 0 Å². The lowest BCUT2D eigenvalue weighted by Crippen LogP contribution is -2.14. The van der Waals surface area contributed by atoms with Gasteiger partial charge in [0.15, 0.2) is 0 Å². The predicted octanol–water partition coefficient (Wildman–Crippen LogP) is 3.52. The molecule has 0 bridgehead atoms. The second-order valence-electron chi connectivity index (χ2n) is 3.55. The maximum Gasteiger partial charge on any atom is 0.323 e. The molecule has 3 heteroatoms. The summed E-state index contributed by atoms with van der Waals surface area (Å²) in [5, 5.41) is -0.518. The van der Waals surface area contributed by atoms with E-state index in [1.54, 1.807) is 6.92 Å². The van der Waals surface area contributed by atoms with E-state index in [4.69, 9.17) is 16.3 Å². The monoisotopic (exact) mass is 220 g/mol. The van der Waals surface area contributed by atoms with Crippen molar-refractivity contribution >= 4 is 17.6 Å². The number of halogens is 1. The number of ether oxygens (including phenoxy) is 1. The SMILES string of the molecule is CCCCCCCCOC(=O)[C@@H](C)Cl. The number of carbonyl (C=O) groups excluding carboxylic acids is 1. The lowest BCUT2D eigenvalue weighted by molar-refractivity contribution is -0.142. The molecule has 0 aromatic carbocycles. The molecule has 0 saturated heterocycles. The van der Waals surface area contributed by atoms with Gasteiger partial charge in [0.25, 0.3) is 0 Å². The first-order valence-electron chi connectivity index (χ1n) is 5.49. The first kappa shape index (κ1) is 13.8. The van der Waals surface area contributed by atoms with Crippen LogP contribution in [0.25, 0.3) is 0 Å². The number of hydrogen-bond acceptors (Lipinski definition) is 2. The Hall–Kier alpha value is -0.240. The molecule has 0 aromatic rings. The molecule has 0 spiro atoms. The van der Waals surface area contributed by atoms with Crippen molar-refractivity contribution in [3.8, 4) is 0 Å². The Morgan fingerprint density at radius 1 is 1.21 bits per heavy atom. The molecule has 2 nitrogen and oxygen atoms in total. The van der Waals surface area contributed by atoms with Gasteiger partial charge < -0.3 is 4.74 Å². The quantitative estimate of drug-likeness (QED) is 0.356. The van der Waals surface area contributed by atoms with Crippen molar-refractivity contribution in [3.05, 3.63) is 0 Å². The van der Waals surface area contributed by atoms with Crippen molar-refractivity contribution in [1.29, 1.82) is 0 Å². The molecule has 0 saturated carbocycles. The largest absolute Gasteiger partial charge is 0.465 e. The van der Waals surface area contributed by atoms with Crippen molar-refractivity contribution in [3.63, 3.8) is 0 Å². The Labute approximate surface area is 92.0 Å². The Balaban J connectivity index is 3.10. The van der Waals surface area contributed by atoms with Crippen molar-refractivity contribution in [2.24, 2.45) is 0 Å². The van der Waals surface area contributed by atoms with Crippen LogP contribution in [0.3, 0.4) is 0 Å². The minimum atomic E-state index is -0.518. The third kappa shape index (κ3) is 8.36. The van der Waals surface area contributed by atoms with Crippen molar-refractivity contribution in [1.82, 2.24) is 0 Å². The molecule has 0 aliphatic heterocycles. The summed E-state index contributed by atoms with van der Waals surface area (Å²) >= 11 is 5.54. The van der Waals surface area contributed by atoms with Crippen molar-refractivity contribution in [2.75, 3.05) is 6.61 Å². The number of hydrogen-bond donors (Lipinski definition) is 0. The molecule has 0 heterocycles. The average Bonchev–Trinajstić information content (AvgIpc) is 2.16. The highest BCUT2D eigenvalue weighted by atomic mass is 35.5. The normalized spacial score (nSPS) is 12.5. The van der Waals surface area contributed by atoms with Crippen LogP contribution in [-0.4, -0.2) is 18.0 Å². The van der Waals surface area contributed by atoms with Gasteiger partial charge in [-0.2, -0.15) is 0 Å². The van der Waals surface area contributed by atoms with Gasteiger partial charge >= 0.3 is 5.97 Å². The summed E-state index contributed by atoms with van der Waals surface area (Å²) in [6.07, 6.45) is 7.19. The van der Waals surface area contributed by atoms with Gasteiger partial charge in [0.05, 0.1) is 6.61 Å². The van der Waals surface area contributed by atoms with Gasteiger partial charge in [0, 0.05) is 0 Å². The van der Waals surface area contributed by atoms with Gasteiger partial charge in [-0.1, -0.05) is 39.0 Å². The topological polar surface area (TPSA) is 26.3 Å². The molecule has 14 heavy (non-hydrogen) atoms. The summed E-state index contributed by atoms with van der Waals surface area (Å²) in [5.41, 5.74) is 0. The molecular formula is C11H21ClO2. The summed E-state index contributed by atoms with van der Waals surface area (Å²) in [4.78, 5) is 10.9. The van der Waals surface area contributed by atoms with Crippen LogP contribution in [0.5, 0.6) is 0 Å². The Kier molecular flexibility index (Phi) is 9.16. The number of unbranched alkanes of at least 4 members (excludes halogenated alkanes) is 5. The molecule has 0 fully saturated rings. The van der Waals surface area contributed by atoms with Crippen LogP contribution < -0.4 is 0 Å². The Bertz CT molecular complexity index is 146. The minimum Gasteiger partial charge on any atom is -0.465 e. The molecule has 0 N–H and O–H groups in total. The third-order valence-corrected chi connectivity index (χ3v) is 2.25. The number of rotatable bonds is 8. The number of carbonyl (C=O) groups is 1. The maximum absolute atomic E-state index is 10.9. The van der Waals surface area contributed by atoms with Gasteiger partial charge in [-0.05, 0) is 13.3 Å². The second-order valence-corrected chi connectivity index (χ2v) is 4.21. The van der Waals surface area contributed by atoms with Crippen molar-refractivity contribution in [2.45, 2.75) is 57.7 Å². The lowest BCUT2D eigenvalue weighted by Gasteiger charge is -2.05. The number of alkyl halides is 1. The van der Waals surface area contributed by atoms with Crippen LogP contribution >= 0.6 is 11.6 Å². The molecule has 0 aliphatic carbocycles. The van der Waals surface area contributed by atoms with Crippen LogP contribution in [0.15, 0.2) is 0 Å². The van der Waals surface area contributed by atoms with Crippen LogP contribution in [-0.2, 0) is 9.53 Å². The third-order valence-electron chi connectivity index (χ3n) is 2.07. The zero-order valence-corrected chi connectivity index (χ0v) is 9.98. The highest BCUT2D eigenvalue weighted by Gasteiger charge is 2.09. The highest BCUT2D eigenvalue weighted by molar-refractivity contribution is 6.29. The molecular weight excluding hydrogens is 200 g/mol. The van der Waals surface area contributed by atoms with E-state index in [9.17, 15) is 4.79 Å². The summed E-state index contributed by atoms with van der Waals surface area (Å²) in [7, 11) is 0. The Morgan fingerprint density at radius 2 is 1.79 bits per heavy atom. The van der Waals surface area contributed by atoms with E-state index in [1.165, 1.54) is 25.7 Å². The average molecular weight is 221 g/mol. The van der Waals surface area contributed by atoms with Gasteiger partial charge in [-0.25, -0.2) is 0 Å². The zero-order chi connectivity index (χ0) is 10.8. The van der Waals surface area contributed by atoms with Crippen LogP contribution in [0, 0.1) is 0 Å². The second kappa shape index (κ2) is 9.32. The molecule has 0 aliphatic rings. The summed E-state index contributed by atoms with van der Waals surface area (Å²) < 4.78 is 4.94. The maximum atomic E-state index is 10.9. The fourth-order valence-electron chi connectivity index (χ4n) is 1.17. The van der Waals surface area contributed by atoms with E-state index in [-0.39, 0.29) is 5.97 Å². The number of esters is 1. The standard InChI is InChI=1S/C11H21ClO2/c1-3-4-5-6-7-8-9-14-11(13)10(2)12/h10H,3-9H2,1-2H3/t10-/m1/s1. The fourth-order valence-corrected chi connectivity index (χ4v) is 1.23. The minimum absolute atomic E-state index is 0.305. The first-order valence-corrected chi connectivity index (χ1v) is 5.92. The first-order chi connectivity index (χ1) is 6.68. The molecule has 0 aromatic heterocycles. The van der Waals surface area contributed by atoms with E-state index in [0.29, 0.717) is 6.61 Å². The van der Waals surface area contributed by atoms with E-state index in [0.717, 1.165) is 12.8 Å². The highest BCUT2D eigenvalue weighted by Crippen LogP contribution is 2.05. The summed E-state index contributed by atoms with van der Waals surface area (Å²) in [6.45, 7) is 4.34. The summed E-state index contributed by atoms with van der Waals surface area (Å²) in [6, 6.07) is 0. The molecule has 0 radical (unpaired) electrons. The van der Waals surface area contributed by atoms with Gasteiger partial charge in [-0.15, -0.1) is 11.6 Å². The van der Waals surface area contributed by atoms with Crippen LogP contribution in [0.1, 0.15) is 52.4 Å². The lowest BCUT2D eigenvalue weighted by atomic mass is 10.1. The molecule has 1 atom stereocenters. The van der Waals surface area contributed by atoms with Crippen LogP contribution in [0.4, 0.5) is 0 Å². The zero-order valence-electron chi connectivity index (χ0n) is 9.22. The van der Waals surface area contributed by atoms with Gasteiger partial charge in [0.1, 0.15) is 5.38 Å². The van der Waals surface area contributed by atoms with Crippen LogP contribution in [0.2, 0.25) is 0 Å². The fraction of sp³-hybridized carbons (Fsp3) is 0.909. The Morgan fingerprint density at radius 3 is 2.36 bits per heavy atom. The smallest absolute Gasteiger partial charge is 0.323 e. The van der Waals surface area contributed by atoms with E-state index < -0.39 is 5.38 Å². The van der Waals surface area contributed by atoms with Gasteiger partial charge in [-0.3, -0.25) is 4.79 Å². The van der Waals surface area contributed by atoms with Gasteiger partial charge in [0.2, 0.25) is 0 Å². The molecule has 0 unspecified atom stereocenters. The summed E-state index contributed by atoms with van der Waals surface area (Å²) in [5.74, 6) is -0.305. The van der Waals surface area contributed by atoms with E-state index in [2.05, 4.69) is 6.92 Å². The predicted molar refractivity (Wildman–Crippen MR) is 59.7 cm³/mol. The molecule has 84 valence electrons. The van der Waals surface area contributed by atoms with Crippen molar-refractivity contribution < 1.29 is 9.53 Å². The van der Waals surface area contributed by atoms with E-state index >= 15 is 0 Å².